The zero-order valence-corrected chi connectivity index (χ0v) is 24.7. The number of nitrogens with one attached hydrogen (secondary N) is 2. The molecule has 224 valence electrons. The van der Waals surface area contributed by atoms with Crippen molar-refractivity contribution in [2.75, 3.05) is 73.2 Å². The van der Waals surface area contributed by atoms with Gasteiger partial charge in [0, 0.05) is 49.7 Å². The molecule has 2 aromatic rings. The van der Waals surface area contributed by atoms with Gasteiger partial charge in [-0.3, -0.25) is 9.69 Å². The standard InChI is InChI=1S/C33H47FN4O3/c1-4-32(39)36-18-20-41-22-21-40-19-17-35-16-6-7-25-10-12-26(13-11-25)28-23-38(24-31(28)37(2)3)30-15-14-27-8-5-9-29(34)33(27)30/h4-5,8-13,28,30-31,35H,1,6-7,14-24H2,2-3H3,(H,36,39)/t28-,30+,31+/m1/s1. The summed E-state index contributed by atoms with van der Waals surface area (Å²) < 4.78 is 25.7. The average Bonchev–Trinajstić information content (AvgIpc) is 3.61. The number of halogens is 1. The lowest BCUT2D eigenvalue weighted by Crippen LogP contribution is -2.35. The smallest absolute Gasteiger partial charge is 0.243 e. The minimum atomic E-state index is -0.187. The molecule has 1 fully saturated rings. The number of hydrogen-bond donors (Lipinski definition) is 2. The summed E-state index contributed by atoms with van der Waals surface area (Å²) in [5.41, 5.74) is 4.84. The van der Waals surface area contributed by atoms with Gasteiger partial charge in [0.1, 0.15) is 5.82 Å². The van der Waals surface area contributed by atoms with Gasteiger partial charge in [0.25, 0.3) is 0 Å². The van der Waals surface area contributed by atoms with Crippen LogP contribution in [0, 0.1) is 5.82 Å². The highest BCUT2D eigenvalue weighted by Crippen LogP contribution is 2.42. The van der Waals surface area contributed by atoms with E-state index in [2.05, 4.69) is 71.4 Å². The maximum absolute atomic E-state index is 14.7. The zero-order valence-electron chi connectivity index (χ0n) is 24.7. The lowest BCUT2D eigenvalue weighted by atomic mass is 9.92. The number of likely N-dealkylation sites (tertiary alicyclic amines) is 1. The minimum absolute atomic E-state index is 0.0460. The summed E-state index contributed by atoms with van der Waals surface area (Å²) in [6, 6.07) is 15.3. The van der Waals surface area contributed by atoms with Crippen molar-refractivity contribution in [3.8, 4) is 0 Å². The van der Waals surface area contributed by atoms with Crippen LogP contribution < -0.4 is 10.6 Å². The van der Waals surface area contributed by atoms with Gasteiger partial charge < -0.3 is 25.0 Å². The predicted octanol–water partition coefficient (Wildman–Crippen LogP) is 3.70. The molecule has 1 heterocycles. The van der Waals surface area contributed by atoms with Crippen LogP contribution in [0.3, 0.4) is 0 Å². The number of ether oxygens (including phenoxy) is 2. The molecule has 0 aromatic heterocycles. The Morgan fingerprint density at radius 3 is 2.54 bits per heavy atom. The molecule has 41 heavy (non-hydrogen) atoms. The summed E-state index contributed by atoms with van der Waals surface area (Å²) in [5.74, 6) is 0.183. The highest BCUT2D eigenvalue weighted by atomic mass is 19.1. The van der Waals surface area contributed by atoms with Crippen LogP contribution in [0.25, 0.3) is 0 Å². The third kappa shape index (κ3) is 8.93. The van der Waals surface area contributed by atoms with E-state index in [0.29, 0.717) is 44.9 Å². The predicted molar refractivity (Wildman–Crippen MR) is 162 cm³/mol. The quantitative estimate of drug-likeness (QED) is 0.225. The fraction of sp³-hybridized carbons (Fsp3) is 0.545. The molecule has 0 unspecified atom stereocenters. The molecule has 1 aliphatic heterocycles. The van der Waals surface area contributed by atoms with Crippen LogP contribution in [0.2, 0.25) is 0 Å². The number of carbonyl (C=O) groups excluding carboxylic acids is 1. The van der Waals surface area contributed by atoms with E-state index in [1.165, 1.54) is 22.8 Å². The van der Waals surface area contributed by atoms with Crippen LogP contribution in [-0.2, 0) is 27.1 Å². The molecular formula is C33H47FN4O3. The maximum Gasteiger partial charge on any atom is 0.243 e. The third-order valence-corrected chi connectivity index (χ3v) is 8.34. The number of fused-ring (bicyclic) bond motifs is 1. The molecule has 2 N–H and O–H groups in total. The van der Waals surface area contributed by atoms with Crippen LogP contribution >= 0.6 is 0 Å². The first-order valence-electron chi connectivity index (χ1n) is 15.0. The van der Waals surface area contributed by atoms with E-state index in [9.17, 15) is 9.18 Å². The Kier molecular flexibility index (Phi) is 12.3. The summed E-state index contributed by atoms with van der Waals surface area (Å²) in [5, 5.41) is 6.11. The van der Waals surface area contributed by atoms with Gasteiger partial charge in [0.15, 0.2) is 0 Å². The molecule has 1 amide bonds. The highest BCUT2D eigenvalue weighted by Gasteiger charge is 2.41. The molecule has 4 rings (SSSR count). The van der Waals surface area contributed by atoms with E-state index < -0.39 is 0 Å². The molecule has 2 aliphatic rings. The van der Waals surface area contributed by atoms with Crippen molar-refractivity contribution in [1.82, 2.24) is 20.4 Å². The van der Waals surface area contributed by atoms with Crippen LogP contribution in [0.4, 0.5) is 4.39 Å². The molecule has 1 aliphatic carbocycles. The van der Waals surface area contributed by atoms with Gasteiger partial charge in [-0.2, -0.15) is 0 Å². The second kappa shape index (κ2) is 16.1. The first-order chi connectivity index (χ1) is 20.0. The van der Waals surface area contributed by atoms with Crippen molar-refractivity contribution in [3.63, 3.8) is 0 Å². The average molecular weight is 567 g/mol. The zero-order chi connectivity index (χ0) is 29.0. The number of aryl methyl sites for hydroxylation is 2. The minimum Gasteiger partial charge on any atom is -0.378 e. The van der Waals surface area contributed by atoms with Crippen molar-refractivity contribution in [2.24, 2.45) is 0 Å². The van der Waals surface area contributed by atoms with Gasteiger partial charge in [-0.05, 0) is 75.2 Å². The number of amides is 1. The number of carbonyl (C=O) groups is 1. The monoisotopic (exact) mass is 566 g/mol. The van der Waals surface area contributed by atoms with Gasteiger partial charge in [-0.1, -0.05) is 43.0 Å². The van der Waals surface area contributed by atoms with E-state index in [-0.39, 0.29) is 17.8 Å². The summed E-state index contributed by atoms with van der Waals surface area (Å²) >= 11 is 0. The van der Waals surface area contributed by atoms with Crippen LogP contribution in [0.5, 0.6) is 0 Å². The van der Waals surface area contributed by atoms with Crippen molar-refractivity contribution < 1.29 is 18.7 Å². The van der Waals surface area contributed by atoms with Gasteiger partial charge >= 0.3 is 0 Å². The number of nitrogens with zero attached hydrogens (tertiary/aromatic N) is 2. The van der Waals surface area contributed by atoms with E-state index in [0.717, 1.165) is 57.4 Å². The molecule has 0 radical (unpaired) electrons. The summed E-state index contributed by atoms with van der Waals surface area (Å²) in [4.78, 5) is 15.9. The Morgan fingerprint density at radius 2 is 1.80 bits per heavy atom. The lowest BCUT2D eigenvalue weighted by molar-refractivity contribution is -0.116. The Morgan fingerprint density at radius 1 is 1.05 bits per heavy atom. The summed E-state index contributed by atoms with van der Waals surface area (Å²) in [6.45, 7) is 9.75. The molecule has 8 heteroatoms. The Balaban J connectivity index is 1.13. The molecule has 1 saturated heterocycles. The fourth-order valence-electron chi connectivity index (χ4n) is 6.16. The largest absolute Gasteiger partial charge is 0.378 e. The van der Waals surface area contributed by atoms with E-state index in [4.69, 9.17) is 9.47 Å². The van der Waals surface area contributed by atoms with Crippen LogP contribution in [0.15, 0.2) is 55.1 Å². The normalized spacial score (nSPS) is 20.4. The number of rotatable bonds is 17. The van der Waals surface area contributed by atoms with Gasteiger partial charge in [0.2, 0.25) is 5.91 Å². The SMILES string of the molecule is C=CC(=O)NCCOCCOCCNCCCc1ccc([C@H]2CN([C@H]3CCc4cccc(F)c43)C[C@@H]2N(C)C)cc1. The Hall–Kier alpha value is -2.62. The van der Waals surface area contributed by atoms with Crippen molar-refractivity contribution in [1.29, 1.82) is 0 Å². The number of benzene rings is 2. The van der Waals surface area contributed by atoms with E-state index in [1.807, 2.05) is 6.07 Å². The van der Waals surface area contributed by atoms with E-state index >= 15 is 0 Å². The topological polar surface area (TPSA) is 66.1 Å². The Labute approximate surface area is 245 Å². The van der Waals surface area contributed by atoms with Gasteiger partial charge in [-0.25, -0.2) is 4.39 Å². The third-order valence-electron chi connectivity index (χ3n) is 8.34. The summed E-state index contributed by atoms with van der Waals surface area (Å²) in [6.07, 6.45) is 5.34. The molecular weight excluding hydrogens is 519 g/mol. The highest BCUT2D eigenvalue weighted by molar-refractivity contribution is 5.86. The molecule has 0 bridgehead atoms. The fourth-order valence-corrected chi connectivity index (χ4v) is 6.16. The second-order valence-corrected chi connectivity index (χ2v) is 11.3. The maximum atomic E-state index is 14.7. The number of likely N-dealkylation sites (N-methyl/N-ethyl adjacent to an activating group) is 1. The Bertz CT molecular complexity index is 1110. The van der Waals surface area contributed by atoms with Crippen molar-refractivity contribution >= 4 is 5.91 Å². The molecule has 0 spiro atoms. The molecule has 0 saturated carbocycles. The summed E-state index contributed by atoms with van der Waals surface area (Å²) in [7, 11) is 4.33. The van der Waals surface area contributed by atoms with Crippen LogP contribution in [-0.4, -0.2) is 95.0 Å². The van der Waals surface area contributed by atoms with Gasteiger partial charge in [0.05, 0.1) is 26.4 Å². The lowest BCUT2D eigenvalue weighted by Gasteiger charge is -2.26. The van der Waals surface area contributed by atoms with Gasteiger partial charge in [-0.15, -0.1) is 0 Å². The van der Waals surface area contributed by atoms with Crippen molar-refractivity contribution in [3.05, 3.63) is 83.2 Å². The second-order valence-electron chi connectivity index (χ2n) is 11.3. The number of hydrogen-bond acceptors (Lipinski definition) is 6. The van der Waals surface area contributed by atoms with Crippen molar-refractivity contribution in [2.45, 2.75) is 43.7 Å². The first-order valence-corrected chi connectivity index (χ1v) is 15.0. The molecule has 7 nitrogen and oxygen atoms in total. The molecule has 2 aromatic carbocycles. The molecule has 3 atom stereocenters. The first kappa shape index (κ1) is 31.3. The van der Waals surface area contributed by atoms with Crippen LogP contribution in [0.1, 0.15) is 47.1 Å². The van der Waals surface area contributed by atoms with E-state index in [1.54, 1.807) is 6.07 Å².